The maximum atomic E-state index is 2.35. The molecule has 0 heteroatoms. The van der Waals surface area contributed by atoms with Crippen LogP contribution in [-0.2, 0) is 0 Å². The van der Waals surface area contributed by atoms with Gasteiger partial charge in [0.15, 0.2) is 0 Å². The van der Waals surface area contributed by atoms with Gasteiger partial charge < -0.3 is 0 Å². The summed E-state index contributed by atoms with van der Waals surface area (Å²) in [6, 6.07) is 0. The van der Waals surface area contributed by atoms with E-state index in [9.17, 15) is 0 Å². The summed E-state index contributed by atoms with van der Waals surface area (Å²) >= 11 is 0. The van der Waals surface area contributed by atoms with Gasteiger partial charge in [-0.3, -0.25) is 0 Å². The molecule has 0 spiro atoms. The van der Waals surface area contributed by atoms with E-state index in [-0.39, 0.29) is 0 Å². The summed E-state index contributed by atoms with van der Waals surface area (Å²) in [4.78, 5) is 0. The maximum Gasteiger partial charge on any atom is -0.0414 e. The molecule has 0 heterocycles. The first-order chi connectivity index (χ1) is 13.3. The fraction of sp³-hybridized carbons (Fsp3) is 1.00. The van der Waals surface area contributed by atoms with E-state index in [1.165, 1.54) is 148 Å². The molecule has 0 radical (unpaired) electrons. The SMILES string of the molecule is CCCCCCCCCCCCCCCC(CCCC)CCCCCCC. The Morgan fingerprint density at radius 2 is 0.556 bits per heavy atom. The molecule has 27 heavy (non-hydrogen) atoms. The van der Waals surface area contributed by atoms with E-state index in [4.69, 9.17) is 0 Å². The second-order valence-corrected chi connectivity index (χ2v) is 9.24. The summed E-state index contributed by atoms with van der Waals surface area (Å²) in [5.41, 5.74) is 0. The van der Waals surface area contributed by atoms with Crippen LogP contribution in [0.25, 0.3) is 0 Å². The average Bonchev–Trinajstić information content (AvgIpc) is 2.68. The van der Waals surface area contributed by atoms with Crippen molar-refractivity contribution in [1.82, 2.24) is 0 Å². The quantitative estimate of drug-likeness (QED) is 0.155. The van der Waals surface area contributed by atoms with Gasteiger partial charge in [0.1, 0.15) is 0 Å². The molecule has 0 aliphatic carbocycles. The zero-order valence-corrected chi connectivity index (χ0v) is 19.8. The molecule has 1 unspecified atom stereocenters. The molecule has 164 valence electrons. The van der Waals surface area contributed by atoms with Crippen LogP contribution in [0.3, 0.4) is 0 Å². The summed E-state index contributed by atoms with van der Waals surface area (Å²) in [6.07, 6.45) is 33.8. The summed E-state index contributed by atoms with van der Waals surface area (Å²) in [7, 11) is 0. The molecule has 0 bridgehead atoms. The average molecular weight is 381 g/mol. The zero-order chi connectivity index (χ0) is 19.8. The van der Waals surface area contributed by atoms with Crippen molar-refractivity contribution in [2.45, 2.75) is 168 Å². The number of unbranched alkanes of at least 4 members (excludes halogenated alkanes) is 17. The van der Waals surface area contributed by atoms with E-state index in [0.717, 1.165) is 5.92 Å². The van der Waals surface area contributed by atoms with Gasteiger partial charge in [0.25, 0.3) is 0 Å². The van der Waals surface area contributed by atoms with Gasteiger partial charge in [0.05, 0.1) is 0 Å². The minimum absolute atomic E-state index is 1.04. The van der Waals surface area contributed by atoms with Gasteiger partial charge >= 0.3 is 0 Å². The van der Waals surface area contributed by atoms with Crippen molar-refractivity contribution in [3.05, 3.63) is 0 Å². The highest BCUT2D eigenvalue weighted by Crippen LogP contribution is 2.24. The molecule has 0 amide bonds. The largest absolute Gasteiger partial charge is 0.0654 e. The summed E-state index contributed by atoms with van der Waals surface area (Å²) in [6.45, 7) is 6.97. The maximum absolute atomic E-state index is 2.35. The number of hydrogen-bond donors (Lipinski definition) is 0. The Morgan fingerprint density at radius 1 is 0.296 bits per heavy atom. The van der Waals surface area contributed by atoms with Crippen LogP contribution in [0.1, 0.15) is 168 Å². The van der Waals surface area contributed by atoms with Gasteiger partial charge in [-0.1, -0.05) is 168 Å². The first-order valence-corrected chi connectivity index (χ1v) is 13.3. The topological polar surface area (TPSA) is 0 Å². The highest BCUT2D eigenvalue weighted by atomic mass is 14.1. The Hall–Kier alpha value is 0. The first kappa shape index (κ1) is 27.0. The van der Waals surface area contributed by atoms with E-state index in [1.54, 1.807) is 0 Å². The number of rotatable bonds is 23. The van der Waals surface area contributed by atoms with Gasteiger partial charge in [-0.2, -0.15) is 0 Å². The molecular formula is C27H56. The van der Waals surface area contributed by atoms with Gasteiger partial charge in [-0.05, 0) is 5.92 Å². The van der Waals surface area contributed by atoms with Crippen molar-refractivity contribution in [2.75, 3.05) is 0 Å². The molecule has 1 atom stereocenters. The monoisotopic (exact) mass is 380 g/mol. The molecule has 0 rings (SSSR count). The van der Waals surface area contributed by atoms with E-state index in [2.05, 4.69) is 20.8 Å². The molecule has 0 saturated heterocycles. The van der Waals surface area contributed by atoms with Crippen LogP contribution in [0.15, 0.2) is 0 Å². The second-order valence-electron chi connectivity index (χ2n) is 9.24. The van der Waals surface area contributed by atoms with Gasteiger partial charge in [-0.25, -0.2) is 0 Å². The minimum atomic E-state index is 1.04. The summed E-state index contributed by atoms with van der Waals surface area (Å²) < 4.78 is 0. The van der Waals surface area contributed by atoms with Gasteiger partial charge in [-0.15, -0.1) is 0 Å². The Balaban J connectivity index is 3.43. The van der Waals surface area contributed by atoms with Crippen LogP contribution in [0.5, 0.6) is 0 Å². The van der Waals surface area contributed by atoms with Crippen LogP contribution < -0.4 is 0 Å². The fourth-order valence-corrected chi connectivity index (χ4v) is 4.41. The second kappa shape index (κ2) is 24.0. The third-order valence-corrected chi connectivity index (χ3v) is 6.40. The molecular weight excluding hydrogens is 324 g/mol. The van der Waals surface area contributed by atoms with Gasteiger partial charge in [0, 0.05) is 0 Å². The lowest BCUT2D eigenvalue weighted by Crippen LogP contribution is -2.01. The highest BCUT2D eigenvalue weighted by Gasteiger charge is 2.08. The molecule has 0 aromatic heterocycles. The third-order valence-electron chi connectivity index (χ3n) is 6.40. The van der Waals surface area contributed by atoms with E-state index >= 15 is 0 Å². The molecule has 0 aromatic rings. The third kappa shape index (κ3) is 22.2. The predicted molar refractivity (Wildman–Crippen MR) is 127 cm³/mol. The fourth-order valence-electron chi connectivity index (χ4n) is 4.41. The lowest BCUT2D eigenvalue weighted by Gasteiger charge is -2.16. The van der Waals surface area contributed by atoms with Crippen molar-refractivity contribution in [3.8, 4) is 0 Å². The number of hydrogen-bond acceptors (Lipinski definition) is 0. The molecule has 0 saturated carbocycles. The van der Waals surface area contributed by atoms with Crippen LogP contribution in [0.4, 0.5) is 0 Å². The highest BCUT2D eigenvalue weighted by molar-refractivity contribution is 4.61. The van der Waals surface area contributed by atoms with Crippen LogP contribution in [-0.4, -0.2) is 0 Å². The predicted octanol–water partition coefficient (Wildman–Crippen LogP) is 10.6. The Bertz CT molecular complexity index is 244. The molecule has 0 fully saturated rings. The molecule has 0 aliphatic rings. The van der Waals surface area contributed by atoms with Crippen molar-refractivity contribution < 1.29 is 0 Å². The normalized spacial score (nSPS) is 12.6. The minimum Gasteiger partial charge on any atom is -0.0654 e. The van der Waals surface area contributed by atoms with Crippen molar-refractivity contribution >= 4 is 0 Å². The lowest BCUT2D eigenvalue weighted by molar-refractivity contribution is 0.371. The Morgan fingerprint density at radius 3 is 0.889 bits per heavy atom. The molecule has 0 nitrogen and oxygen atoms in total. The lowest BCUT2D eigenvalue weighted by atomic mass is 9.90. The summed E-state index contributed by atoms with van der Waals surface area (Å²) in [5, 5.41) is 0. The van der Waals surface area contributed by atoms with Crippen molar-refractivity contribution in [3.63, 3.8) is 0 Å². The van der Waals surface area contributed by atoms with Crippen molar-refractivity contribution in [1.29, 1.82) is 0 Å². The van der Waals surface area contributed by atoms with Gasteiger partial charge in [0.2, 0.25) is 0 Å². The Labute approximate surface area is 174 Å². The zero-order valence-electron chi connectivity index (χ0n) is 19.8. The summed E-state index contributed by atoms with van der Waals surface area (Å²) in [5.74, 6) is 1.04. The molecule has 0 aliphatic heterocycles. The van der Waals surface area contributed by atoms with Crippen LogP contribution in [0, 0.1) is 5.92 Å². The van der Waals surface area contributed by atoms with Crippen LogP contribution in [0.2, 0.25) is 0 Å². The Kier molecular flexibility index (Phi) is 24.0. The van der Waals surface area contributed by atoms with E-state index < -0.39 is 0 Å². The molecule has 0 aromatic carbocycles. The van der Waals surface area contributed by atoms with E-state index in [0.29, 0.717) is 0 Å². The first-order valence-electron chi connectivity index (χ1n) is 13.3. The van der Waals surface area contributed by atoms with Crippen LogP contribution >= 0.6 is 0 Å². The molecule has 0 N–H and O–H groups in total. The van der Waals surface area contributed by atoms with Crippen molar-refractivity contribution in [2.24, 2.45) is 5.92 Å². The van der Waals surface area contributed by atoms with E-state index in [1.807, 2.05) is 0 Å². The standard InChI is InChI=1S/C27H56/c1-4-7-10-12-13-14-15-16-17-18-19-21-23-26-27(24-9-6-3)25-22-20-11-8-5-2/h27H,4-26H2,1-3H3. The smallest absolute Gasteiger partial charge is 0.0414 e.